The number of aromatic nitrogens is 2. The normalized spacial score (nSPS) is 15.2. The minimum atomic E-state index is -0.0679. The average Bonchev–Trinajstić information content (AvgIpc) is 2.92. The van der Waals surface area contributed by atoms with Crippen LogP contribution in [0.25, 0.3) is 10.2 Å². The summed E-state index contributed by atoms with van der Waals surface area (Å²) < 4.78 is 0. The first-order chi connectivity index (χ1) is 11.6. The van der Waals surface area contributed by atoms with Gasteiger partial charge in [-0.25, -0.2) is 4.98 Å². The Kier molecular flexibility index (Phi) is 5.61. The zero-order valence-corrected chi connectivity index (χ0v) is 15.7. The first kappa shape index (κ1) is 17.5. The minimum Gasteiger partial charge on any atom is -0.353 e. The highest BCUT2D eigenvalue weighted by atomic mass is 32.2. The quantitative estimate of drug-likeness (QED) is 0.609. The van der Waals surface area contributed by atoms with Gasteiger partial charge in [-0.1, -0.05) is 25.1 Å². The Morgan fingerprint density at radius 2 is 2.21 bits per heavy atom. The molecule has 0 fully saturated rings. The second-order valence-corrected chi connectivity index (χ2v) is 8.36. The Morgan fingerprint density at radius 1 is 1.42 bits per heavy atom. The number of carbonyl (C=O) groups is 1. The van der Waals surface area contributed by atoms with E-state index < -0.39 is 0 Å². The van der Waals surface area contributed by atoms with Gasteiger partial charge in [-0.3, -0.25) is 9.59 Å². The van der Waals surface area contributed by atoms with Gasteiger partial charge in [0.15, 0.2) is 5.16 Å². The molecule has 2 N–H and O–H groups in total. The van der Waals surface area contributed by atoms with E-state index in [1.807, 2.05) is 6.92 Å². The highest BCUT2D eigenvalue weighted by molar-refractivity contribution is 7.99. The second-order valence-electron chi connectivity index (χ2n) is 6.31. The van der Waals surface area contributed by atoms with Crippen molar-refractivity contribution in [1.29, 1.82) is 0 Å². The van der Waals surface area contributed by atoms with Gasteiger partial charge in [-0.05, 0) is 44.6 Å². The fraction of sp³-hybridized carbons (Fsp3) is 0.588. The summed E-state index contributed by atoms with van der Waals surface area (Å²) >= 11 is 2.93. The van der Waals surface area contributed by atoms with Crippen molar-refractivity contribution in [3.05, 3.63) is 20.8 Å². The van der Waals surface area contributed by atoms with Crippen LogP contribution >= 0.6 is 23.1 Å². The first-order valence-corrected chi connectivity index (χ1v) is 10.4. The van der Waals surface area contributed by atoms with Crippen LogP contribution in [-0.2, 0) is 17.6 Å². The SMILES string of the molecule is CCCC(C)NC(=O)CSc1nc2sc3c(c2c(=O)[nH]1)CCCC3. The zero-order valence-electron chi connectivity index (χ0n) is 14.1. The maximum absolute atomic E-state index is 12.4. The average molecular weight is 366 g/mol. The van der Waals surface area contributed by atoms with Crippen LogP contribution < -0.4 is 10.9 Å². The molecule has 0 saturated heterocycles. The molecule has 1 amide bonds. The lowest BCUT2D eigenvalue weighted by atomic mass is 9.97. The lowest BCUT2D eigenvalue weighted by Gasteiger charge is -2.12. The fourth-order valence-electron chi connectivity index (χ4n) is 3.17. The molecule has 130 valence electrons. The van der Waals surface area contributed by atoms with Gasteiger partial charge in [-0.15, -0.1) is 11.3 Å². The van der Waals surface area contributed by atoms with E-state index in [1.54, 1.807) is 11.3 Å². The molecule has 0 saturated carbocycles. The summed E-state index contributed by atoms with van der Waals surface area (Å²) in [5, 5.41) is 4.26. The van der Waals surface area contributed by atoms with Gasteiger partial charge in [0, 0.05) is 10.9 Å². The van der Waals surface area contributed by atoms with E-state index in [1.165, 1.54) is 28.6 Å². The minimum absolute atomic E-state index is 0.0193. The summed E-state index contributed by atoms with van der Waals surface area (Å²) in [6, 6.07) is 0.182. The number of carbonyl (C=O) groups excluding carboxylic acids is 1. The number of nitrogens with zero attached hydrogens (tertiary/aromatic N) is 1. The van der Waals surface area contributed by atoms with E-state index in [-0.39, 0.29) is 23.3 Å². The Balaban J connectivity index is 1.72. The molecule has 0 aromatic carbocycles. The van der Waals surface area contributed by atoms with E-state index in [0.717, 1.165) is 42.3 Å². The second kappa shape index (κ2) is 7.70. The van der Waals surface area contributed by atoms with Crippen molar-refractivity contribution in [3.63, 3.8) is 0 Å². The number of rotatable bonds is 6. The third-order valence-electron chi connectivity index (χ3n) is 4.27. The highest BCUT2D eigenvalue weighted by Gasteiger charge is 2.20. The third kappa shape index (κ3) is 3.83. The topological polar surface area (TPSA) is 74.8 Å². The predicted molar refractivity (Wildman–Crippen MR) is 100 cm³/mol. The Hall–Kier alpha value is -1.34. The van der Waals surface area contributed by atoms with E-state index in [4.69, 9.17) is 0 Å². The van der Waals surface area contributed by atoms with Gasteiger partial charge < -0.3 is 10.3 Å². The molecule has 0 spiro atoms. The lowest BCUT2D eigenvalue weighted by Crippen LogP contribution is -2.33. The number of hydrogen-bond acceptors (Lipinski definition) is 5. The lowest BCUT2D eigenvalue weighted by molar-refractivity contribution is -0.119. The predicted octanol–water partition coefficient (Wildman–Crippen LogP) is 3.26. The molecule has 0 bridgehead atoms. The fourth-order valence-corrected chi connectivity index (χ4v) is 5.16. The number of amides is 1. The summed E-state index contributed by atoms with van der Waals surface area (Å²) in [7, 11) is 0. The van der Waals surface area contributed by atoms with Crippen LogP contribution in [-0.4, -0.2) is 27.7 Å². The van der Waals surface area contributed by atoms with Crippen LogP contribution in [0.3, 0.4) is 0 Å². The molecule has 2 aromatic heterocycles. The molecule has 0 aliphatic heterocycles. The van der Waals surface area contributed by atoms with Gasteiger partial charge in [0.25, 0.3) is 5.56 Å². The molecule has 5 nitrogen and oxygen atoms in total. The van der Waals surface area contributed by atoms with Crippen molar-refractivity contribution in [3.8, 4) is 0 Å². The molecular formula is C17H23N3O2S2. The number of hydrogen-bond donors (Lipinski definition) is 2. The van der Waals surface area contributed by atoms with Crippen LogP contribution in [0.15, 0.2) is 9.95 Å². The number of aromatic amines is 1. The smallest absolute Gasteiger partial charge is 0.260 e. The third-order valence-corrected chi connectivity index (χ3v) is 6.33. The molecule has 0 radical (unpaired) electrons. The van der Waals surface area contributed by atoms with Gasteiger partial charge >= 0.3 is 0 Å². The number of H-pyrrole nitrogens is 1. The van der Waals surface area contributed by atoms with E-state index in [2.05, 4.69) is 22.2 Å². The van der Waals surface area contributed by atoms with Gasteiger partial charge in [-0.2, -0.15) is 0 Å². The van der Waals surface area contributed by atoms with E-state index >= 15 is 0 Å². The van der Waals surface area contributed by atoms with Crippen molar-refractivity contribution < 1.29 is 4.79 Å². The number of fused-ring (bicyclic) bond motifs is 3. The molecule has 1 unspecified atom stereocenters. The maximum Gasteiger partial charge on any atom is 0.260 e. The molecule has 1 aliphatic rings. The van der Waals surface area contributed by atoms with Crippen molar-refractivity contribution in [2.75, 3.05) is 5.75 Å². The van der Waals surface area contributed by atoms with Crippen LogP contribution in [0.1, 0.15) is 50.0 Å². The molecule has 1 atom stereocenters. The van der Waals surface area contributed by atoms with Crippen LogP contribution in [0, 0.1) is 0 Å². The summed E-state index contributed by atoms with van der Waals surface area (Å²) in [6.45, 7) is 4.11. The maximum atomic E-state index is 12.4. The summed E-state index contributed by atoms with van der Waals surface area (Å²) in [5.41, 5.74) is 1.12. The van der Waals surface area contributed by atoms with Crippen molar-refractivity contribution in [1.82, 2.24) is 15.3 Å². The standard InChI is InChI=1S/C17H23N3O2S2/c1-3-6-10(2)18-13(21)9-23-17-19-15(22)14-11-7-4-5-8-12(11)24-16(14)20-17/h10H,3-9H2,1-2H3,(H,18,21)(H,19,20,22). The molecule has 2 heterocycles. The van der Waals surface area contributed by atoms with E-state index in [0.29, 0.717) is 5.16 Å². The number of aryl methyl sites for hydroxylation is 2. The molecule has 24 heavy (non-hydrogen) atoms. The number of thioether (sulfide) groups is 1. The largest absolute Gasteiger partial charge is 0.353 e. The molecule has 1 aliphatic carbocycles. The summed E-state index contributed by atoms with van der Waals surface area (Å²) in [4.78, 5) is 33.9. The van der Waals surface area contributed by atoms with Gasteiger partial charge in [0.05, 0.1) is 11.1 Å². The molecule has 7 heteroatoms. The van der Waals surface area contributed by atoms with Crippen LogP contribution in [0.4, 0.5) is 0 Å². The van der Waals surface area contributed by atoms with Crippen molar-refractivity contribution in [2.45, 2.75) is 63.6 Å². The molecular weight excluding hydrogens is 342 g/mol. The highest BCUT2D eigenvalue weighted by Crippen LogP contribution is 2.34. The molecule has 2 aromatic rings. The monoisotopic (exact) mass is 365 g/mol. The number of thiophene rings is 1. The van der Waals surface area contributed by atoms with Crippen LogP contribution in [0.2, 0.25) is 0 Å². The summed E-state index contributed by atoms with van der Waals surface area (Å²) in [6.07, 6.45) is 6.38. The van der Waals surface area contributed by atoms with Crippen molar-refractivity contribution in [2.24, 2.45) is 0 Å². The Morgan fingerprint density at radius 3 is 3.00 bits per heavy atom. The summed E-state index contributed by atoms with van der Waals surface area (Å²) in [5.74, 6) is 0.252. The van der Waals surface area contributed by atoms with Crippen molar-refractivity contribution >= 4 is 39.2 Å². The Bertz CT molecular complexity index is 797. The van der Waals surface area contributed by atoms with E-state index in [9.17, 15) is 9.59 Å². The van der Waals surface area contributed by atoms with Crippen LogP contribution in [0.5, 0.6) is 0 Å². The van der Waals surface area contributed by atoms with Gasteiger partial charge in [0.2, 0.25) is 5.91 Å². The Labute approximate surface area is 149 Å². The first-order valence-electron chi connectivity index (χ1n) is 8.55. The zero-order chi connectivity index (χ0) is 17.1. The molecule has 3 rings (SSSR count). The number of nitrogens with one attached hydrogen (secondary N) is 2. The van der Waals surface area contributed by atoms with Gasteiger partial charge in [0.1, 0.15) is 4.83 Å².